The molecule has 0 saturated carbocycles. The van der Waals surface area contributed by atoms with E-state index in [1.165, 1.54) is 12.1 Å². The van der Waals surface area contributed by atoms with Gasteiger partial charge in [0, 0.05) is 11.4 Å². The molecule has 0 spiro atoms. The molecule has 1 aromatic rings. The lowest BCUT2D eigenvalue weighted by Gasteiger charge is -2.10. The van der Waals surface area contributed by atoms with E-state index in [9.17, 15) is 8.78 Å². The Kier molecular flexibility index (Phi) is 3.87. The number of halogens is 3. The van der Waals surface area contributed by atoms with Crippen LogP contribution >= 0.6 is 11.6 Å². The number of rotatable bonds is 3. The largest absolute Gasteiger partial charge is 0.207 e. The Morgan fingerprint density at radius 3 is 2.57 bits per heavy atom. The fourth-order valence-corrected chi connectivity index (χ4v) is 1.41. The van der Waals surface area contributed by atoms with Crippen LogP contribution in [-0.2, 0) is 6.42 Å². The van der Waals surface area contributed by atoms with E-state index in [1.807, 2.05) is 6.92 Å². The lowest BCUT2D eigenvalue weighted by Crippen LogP contribution is -2.06. The lowest BCUT2D eigenvalue weighted by molar-refractivity contribution is 0.522. The predicted molar refractivity (Wildman–Crippen MR) is 54.7 cm³/mol. The van der Waals surface area contributed by atoms with E-state index in [1.54, 1.807) is 6.92 Å². The summed E-state index contributed by atoms with van der Waals surface area (Å²) in [5.74, 6) is -0.429. The van der Waals surface area contributed by atoms with Crippen molar-refractivity contribution in [3.05, 3.63) is 34.9 Å². The molecule has 0 bridgehead atoms. The molecule has 0 heterocycles. The summed E-state index contributed by atoms with van der Waals surface area (Å²) in [6, 6.07) is 2.74. The highest BCUT2D eigenvalue weighted by molar-refractivity contribution is 6.18. The summed E-state index contributed by atoms with van der Waals surface area (Å²) in [5.41, 5.74) is 0.626. The smallest absolute Gasteiger partial charge is 0.132 e. The van der Waals surface area contributed by atoms with Gasteiger partial charge in [-0.15, -0.1) is 11.6 Å². The normalized spacial score (nSPS) is 12.9. The second kappa shape index (κ2) is 4.74. The van der Waals surface area contributed by atoms with Crippen molar-refractivity contribution in [2.75, 3.05) is 5.88 Å². The van der Waals surface area contributed by atoms with Gasteiger partial charge >= 0.3 is 0 Å². The quantitative estimate of drug-likeness (QED) is 0.679. The van der Waals surface area contributed by atoms with Gasteiger partial charge in [-0.2, -0.15) is 0 Å². The van der Waals surface area contributed by atoms with Gasteiger partial charge in [-0.25, -0.2) is 8.78 Å². The molecule has 0 radical (unpaired) electrons. The van der Waals surface area contributed by atoms with Crippen molar-refractivity contribution in [3.63, 3.8) is 0 Å². The zero-order chi connectivity index (χ0) is 10.7. The summed E-state index contributed by atoms with van der Waals surface area (Å²) in [6.07, 6.45) is 0.350. The van der Waals surface area contributed by atoms with Crippen LogP contribution < -0.4 is 0 Å². The van der Waals surface area contributed by atoms with Gasteiger partial charge in [0.2, 0.25) is 0 Å². The third kappa shape index (κ3) is 2.44. The maximum atomic E-state index is 13.5. The van der Waals surface area contributed by atoms with E-state index in [2.05, 4.69) is 0 Å². The molecule has 0 aliphatic heterocycles. The minimum atomic E-state index is -0.481. The minimum absolute atomic E-state index is 0.0856. The summed E-state index contributed by atoms with van der Waals surface area (Å²) in [5, 5.41) is 0. The Hall–Kier alpha value is -0.630. The first-order valence-corrected chi connectivity index (χ1v) is 5.09. The average Bonchev–Trinajstić information content (AvgIpc) is 2.18. The number of benzene rings is 1. The van der Waals surface area contributed by atoms with E-state index in [0.29, 0.717) is 17.9 Å². The Morgan fingerprint density at radius 2 is 2.00 bits per heavy atom. The Balaban J connectivity index is 3.00. The van der Waals surface area contributed by atoms with Crippen LogP contribution in [0.15, 0.2) is 12.1 Å². The van der Waals surface area contributed by atoms with Crippen molar-refractivity contribution >= 4 is 11.6 Å². The molecule has 0 N–H and O–H groups in total. The van der Waals surface area contributed by atoms with Crippen molar-refractivity contribution < 1.29 is 8.78 Å². The van der Waals surface area contributed by atoms with Crippen molar-refractivity contribution in [1.29, 1.82) is 0 Å². The molecule has 78 valence electrons. The van der Waals surface area contributed by atoms with E-state index >= 15 is 0 Å². The van der Waals surface area contributed by atoms with E-state index in [-0.39, 0.29) is 11.5 Å². The van der Waals surface area contributed by atoms with E-state index in [0.717, 1.165) is 0 Å². The summed E-state index contributed by atoms with van der Waals surface area (Å²) in [4.78, 5) is 0. The average molecular weight is 219 g/mol. The lowest BCUT2D eigenvalue weighted by atomic mass is 10.00. The summed E-state index contributed by atoms with van der Waals surface area (Å²) in [7, 11) is 0. The van der Waals surface area contributed by atoms with Gasteiger partial charge in [0.25, 0.3) is 0 Å². The van der Waals surface area contributed by atoms with Gasteiger partial charge in [0.1, 0.15) is 11.6 Å². The SMILES string of the molecule is Cc1ccc(F)c(CC(C)CCl)c1F. The molecule has 3 heteroatoms. The molecule has 0 aliphatic rings. The molecule has 1 unspecified atom stereocenters. The maximum absolute atomic E-state index is 13.5. The topological polar surface area (TPSA) is 0 Å². The van der Waals surface area contributed by atoms with Crippen LogP contribution in [0.3, 0.4) is 0 Å². The molecule has 0 aliphatic carbocycles. The van der Waals surface area contributed by atoms with Crippen LogP contribution in [0.25, 0.3) is 0 Å². The first-order chi connectivity index (χ1) is 6.56. The monoisotopic (exact) mass is 218 g/mol. The maximum Gasteiger partial charge on any atom is 0.132 e. The molecule has 14 heavy (non-hydrogen) atoms. The van der Waals surface area contributed by atoms with E-state index in [4.69, 9.17) is 11.6 Å². The van der Waals surface area contributed by atoms with Gasteiger partial charge < -0.3 is 0 Å². The Labute approximate surface area is 87.9 Å². The third-order valence-corrected chi connectivity index (χ3v) is 2.72. The highest BCUT2D eigenvalue weighted by Gasteiger charge is 2.13. The van der Waals surface area contributed by atoms with Crippen LogP contribution in [0.2, 0.25) is 0 Å². The minimum Gasteiger partial charge on any atom is -0.207 e. The van der Waals surface area contributed by atoms with Gasteiger partial charge in [0.15, 0.2) is 0 Å². The Morgan fingerprint density at radius 1 is 1.36 bits per heavy atom. The van der Waals surface area contributed by atoms with Crippen molar-refractivity contribution in [1.82, 2.24) is 0 Å². The second-order valence-electron chi connectivity index (χ2n) is 3.62. The summed E-state index contributed by atoms with van der Waals surface area (Å²) >= 11 is 5.60. The van der Waals surface area contributed by atoms with Crippen LogP contribution in [0, 0.1) is 24.5 Å². The molecule has 0 fully saturated rings. The number of hydrogen-bond donors (Lipinski definition) is 0. The van der Waals surface area contributed by atoms with Crippen LogP contribution in [0.1, 0.15) is 18.1 Å². The van der Waals surface area contributed by atoms with Gasteiger partial charge in [-0.1, -0.05) is 13.0 Å². The highest BCUT2D eigenvalue weighted by Crippen LogP contribution is 2.20. The molecule has 1 rings (SSSR count). The highest BCUT2D eigenvalue weighted by atomic mass is 35.5. The molecule has 1 aromatic carbocycles. The molecule has 1 atom stereocenters. The van der Waals surface area contributed by atoms with Gasteiger partial charge in [-0.05, 0) is 30.9 Å². The molecule has 0 nitrogen and oxygen atoms in total. The molecule has 0 saturated heterocycles. The predicted octanol–water partition coefficient (Wildman–Crippen LogP) is 3.69. The standard InChI is InChI=1S/C11H13ClF2/c1-7(6-12)5-9-10(13)4-3-8(2)11(9)14/h3-4,7H,5-6H2,1-2H3. The summed E-state index contributed by atoms with van der Waals surface area (Å²) in [6.45, 7) is 3.50. The van der Waals surface area contributed by atoms with Crippen LogP contribution in [-0.4, -0.2) is 5.88 Å². The first kappa shape index (κ1) is 11.4. The molecular weight excluding hydrogens is 206 g/mol. The molecule has 0 aromatic heterocycles. The molecular formula is C11H13ClF2. The number of hydrogen-bond acceptors (Lipinski definition) is 0. The van der Waals surface area contributed by atoms with Crippen molar-refractivity contribution in [3.8, 4) is 0 Å². The van der Waals surface area contributed by atoms with Crippen molar-refractivity contribution in [2.45, 2.75) is 20.3 Å². The second-order valence-corrected chi connectivity index (χ2v) is 3.93. The van der Waals surface area contributed by atoms with Gasteiger partial charge in [0.05, 0.1) is 0 Å². The van der Waals surface area contributed by atoms with Crippen LogP contribution in [0.5, 0.6) is 0 Å². The van der Waals surface area contributed by atoms with Gasteiger partial charge in [-0.3, -0.25) is 0 Å². The first-order valence-electron chi connectivity index (χ1n) is 4.55. The third-order valence-electron chi connectivity index (χ3n) is 2.20. The fraction of sp³-hybridized carbons (Fsp3) is 0.455. The number of alkyl halides is 1. The molecule has 0 amide bonds. The van der Waals surface area contributed by atoms with Crippen LogP contribution in [0.4, 0.5) is 8.78 Å². The Bertz CT molecular complexity index is 323. The zero-order valence-electron chi connectivity index (χ0n) is 8.28. The fourth-order valence-electron chi connectivity index (χ4n) is 1.30. The zero-order valence-corrected chi connectivity index (χ0v) is 9.04. The number of aryl methyl sites for hydroxylation is 1. The summed E-state index contributed by atoms with van der Waals surface area (Å²) < 4.78 is 26.7. The van der Waals surface area contributed by atoms with Crippen molar-refractivity contribution in [2.24, 2.45) is 5.92 Å². The van der Waals surface area contributed by atoms with E-state index < -0.39 is 11.6 Å².